The first-order valence-electron chi connectivity index (χ1n) is 5.99. The molecule has 1 rings (SSSR count). The normalized spacial score (nSPS) is 11.5. The molecular weight excluding hydrogens is 248 g/mol. The third kappa shape index (κ3) is 6.67. The van der Waals surface area contributed by atoms with Crippen molar-refractivity contribution >= 4 is 24.5 Å². The topological polar surface area (TPSA) is 9.23 Å². The largest absolute Gasteiger partial charge is 0.377 e. The molecule has 1 nitrogen and oxygen atoms in total. The van der Waals surface area contributed by atoms with Crippen LogP contribution in [0.2, 0.25) is 19.1 Å². The first-order valence-corrected chi connectivity index (χ1v) is 10.2. The maximum Gasteiger partial charge on any atom is 0.150 e. The van der Waals surface area contributed by atoms with Crippen LogP contribution in [0.25, 0.3) is 6.08 Å². The molecule has 0 saturated carbocycles. The van der Waals surface area contributed by atoms with Crippen molar-refractivity contribution in [1.82, 2.24) is 0 Å². The Kier molecular flexibility index (Phi) is 5.96. The number of hydrogen-bond donors (Lipinski definition) is 0. The van der Waals surface area contributed by atoms with Crippen LogP contribution in [-0.2, 0) is 11.3 Å². The third-order valence-corrected chi connectivity index (χ3v) is 4.65. The van der Waals surface area contributed by atoms with Crippen molar-refractivity contribution in [3.63, 3.8) is 0 Å². The molecule has 0 radical (unpaired) electrons. The summed E-state index contributed by atoms with van der Waals surface area (Å²) in [4.78, 5) is 0. The zero-order valence-electron chi connectivity index (χ0n) is 10.7. The minimum atomic E-state index is -1.42. The van der Waals surface area contributed by atoms with E-state index in [9.17, 15) is 0 Å². The Bertz CT molecular complexity index is 340. The van der Waals surface area contributed by atoms with E-state index in [0.29, 0.717) is 6.61 Å². The summed E-state index contributed by atoms with van der Waals surface area (Å²) < 4.78 is 5.63. The second kappa shape index (κ2) is 6.99. The molecule has 0 N–H and O–H groups in total. The molecule has 0 amide bonds. The van der Waals surface area contributed by atoms with Gasteiger partial charge >= 0.3 is 0 Å². The molecule has 1 aromatic carbocycles. The maximum absolute atomic E-state index is 6.24. The maximum atomic E-state index is 6.24. The third-order valence-electron chi connectivity index (χ3n) is 2.54. The number of ether oxygens (including phenoxy) is 1. The lowest BCUT2D eigenvalue weighted by atomic mass is 10.1. The molecular formula is C14H21ClOSi. The van der Waals surface area contributed by atoms with Gasteiger partial charge in [0.1, 0.15) is 0 Å². The van der Waals surface area contributed by atoms with Crippen molar-refractivity contribution in [3.05, 3.63) is 42.0 Å². The molecule has 0 saturated heterocycles. The highest BCUT2D eigenvalue weighted by molar-refractivity contribution is 7.19. The van der Waals surface area contributed by atoms with E-state index < -0.39 is 7.38 Å². The van der Waals surface area contributed by atoms with Crippen LogP contribution in [0.5, 0.6) is 0 Å². The highest BCUT2D eigenvalue weighted by Crippen LogP contribution is 2.16. The molecule has 17 heavy (non-hydrogen) atoms. The van der Waals surface area contributed by atoms with Crippen molar-refractivity contribution < 1.29 is 4.74 Å². The summed E-state index contributed by atoms with van der Waals surface area (Å²) in [6, 6.07) is 9.39. The van der Waals surface area contributed by atoms with E-state index in [1.165, 1.54) is 5.56 Å². The molecule has 0 unspecified atom stereocenters. The number of halogens is 1. The Labute approximate surface area is 110 Å². The average molecular weight is 269 g/mol. The molecule has 0 aromatic heterocycles. The molecule has 0 heterocycles. The van der Waals surface area contributed by atoms with Gasteiger partial charge in [0.2, 0.25) is 0 Å². The molecule has 0 aliphatic heterocycles. The summed E-state index contributed by atoms with van der Waals surface area (Å²) in [6.07, 6.45) is 2.91. The van der Waals surface area contributed by atoms with Crippen molar-refractivity contribution in [2.75, 3.05) is 6.61 Å². The van der Waals surface area contributed by atoms with E-state index in [4.69, 9.17) is 15.8 Å². The lowest BCUT2D eigenvalue weighted by molar-refractivity contribution is 0.121. The molecule has 94 valence electrons. The van der Waals surface area contributed by atoms with Crippen molar-refractivity contribution in [1.29, 1.82) is 0 Å². The standard InChI is InChI=1S/C14H21ClOSi/c1-4-13-6-8-14(9-7-13)12-16-10-5-11-17(2,3)15/h4,6-9H,1,5,10-12H2,2-3H3. The van der Waals surface area contributed by atoms with Crippen molar-refractivity contribution in [2.45, 2.75) is 32.2 Å². The molecule has 0 aliphatic rings. The zero-order chi connectivity index (χ0) is 12.7. The first-order chi connectivity index (χ1) is 8.01. The van der Waals surface area contributed by atoms with Crippen LogP contribution < -0.4 is 0 Å². The summed E-state index contributed by atoms with van der Waals surface area (Å²) >= 11 is 6.24. The lowest BCUT2D eigenvalue weighted by Gasteiger charge is -2.12. The Morgan fingerprint density at radius 2 is 1.94 bits per heavy atom. The minimum absolute atomic E-state index is 0.682. The number of hydrogen-bond acceptors (Lipinski definition) is 1. The van der Waals surface area contributed by atoms with E-state index in [1.54, 1.807) is 0 Å². The van der Waals surface area contributed by atoms with Gasteiger partial charge in [-0.25, -0.2) is 0 Å². The Morgan fingerprint density at radius 3 is 2.47 bits per heavy atom. The average Bonchev–Trinajstić information content (AvgIpc) is 2.28. The van der Waals surface area contributed by atoms with Crippen LogP contribution in [0, 0.1) is 0 Å². The SMILES string of the molecule is C=Cc1ccc(COCCC[Si](C)(C)Cl)cc1. The fraction of sp³-hybridized carbons (Fsp3) is 0.429. The summed E-state index contributed by atoms with van der Waals surface area (Å²) in [7, 11) is -1.42. The fourth-order valence-corrected chi connectivity index (χ4v) is 2.92. The van der Waals surface area contributed by atoms with Gasteiger partial charge in [0.15, 0.2) is 7.38 Å². The van der Waals surface area contributed by atoms with E-state index in [-0.39, 0.29) is 0 Å². The van der Waals surface area contributed by atoms with Crippen LogP contribution in [0.15, 0.2) is 30.8 Å². The second-order valence-corrected chi connectivity index (χ2v) is 11.8. The molecule has 1 aromatic rings. The lowest BCUT2D eigenvalue weighted by Crippen LogP contribution is -2.16. The monoisotopic (exact) mass is 268 g/mol. The number of rotatable bonds is 7. The molecule has 0 bridgehead atoms. The summed E-state index contributed by atoms with van der Waals surface area (Å²) in [5, 5.41) is 0. The Morgan fingerprint density at radius 1 is 1.29 bits per heavy atom. The number of benzene rings is 1. The summed E-state index contributed by atoms with van der Waals surface area (Å²) in [5.41, 5.74) is 2.35. The van der Waals surface area contributed by atoms with E-state index in [2.05, 4.69) is 43.9 Å². The van der Waals surface area contributed by atoms with Crippen LogP contribution in [0.4, 0.5) is 0 Å². The van der Waals surface area contributed by atoms with Gasteiger partial charge in [-0.2, -0.15) is 11.1 Å². The van der Waals surface area contributed by atoms with Gasteiger partial charge in [0.25, 0.3) is 0 Å². The van der Waals surface area contributed by atoms with Gasteiger partial charge in [-0.15, -0.1) is 0 Å². The van der Waals surface area contributed by atoms with E-state index >= 15 is 0 Å². The molecule has 0 fully saturated rings. The highest BCUT2D eigenvalue weighted by Gasteiger charge is 2.15. The zero-order valence-corrected chi connectivity index (χ0v) is 12.5. The molecule has 3 heteroatoms. The van der Waals surface area contributed by atoms with Gasteiger partial charge < -0.3 is 4.74 Å². The van der Waals surface area contributed by atoms with Gasteiger partial charge in [-0.3, -0.25) is 0 Å². The first kappa shape index (κ1) is 14.5. The van der Waals surface area contributed by atoms with Gasteiger partial charge in [-0.1, -0.05) is 50.0 Å². The predicted molar refractivity (Wildman–Crippen MR) is 78.9 cm³/mol. The van der Waals surface area contributed by atoms with Crippen molar-refractivity contribution in [3.8, 4) is 0 Å². The van der Waals surface area contributed by atoms with Crippen LogP contribution >= 0.6 is 11.1 Å². The smallest absolute Gasteiger partial charge is 0.150 e. The molecule has 0 aliphatic carbocycles. The fourth-order valence-electron chi connectivity index (χ4n) is 1.53. The van der Waals surface area contributed by atoms with E-state index in [1.807, 2.05) is 6.08 Å². The van der Waals surface area contributed by atoms with Crippen LogP contribution in [0.3, 0.4) is 0 Å². The second-order valence-electron chi connectivity index (χ2n) is 4.82. The van der Waals surface area contributed by atoms with Gasteiger partial charge in [0, 0.05) is 6.61 Å². The quantitative estimate of drug-likeness (QED) is 0.396. The Hall–Kier alpha value is -0.573. The van der Waals surface area contributed by atoms with Crippen molar-refractivity contribution in [2.24, 2.45) is 0 Å². The molecule has 0 spiro atoms. The predicted octanol–water partition coefficient (Wildman–Crippen LogP) is 4.68. The van der Waals surface area contributed by atoms with Gasteiger partial charge in [0.05, 0.1) is 6.61 Å². The summed E-state index contributed by atoms with van der Waals surface area (Å²) in [6.45, 7) is 9.55. The van der Waals surface area contributed by atoms with Gasteiger partial charge in [-0.05, 0) is 23.6 Å². The Balaban J connectivity index is 2.20. The van der Waals surface area contributed by atoms with E-state index in [0.717, 1.165) is 24.6 Å². The summed E-state index contributed by atoms with van der Waals surface area (Å²) in [5.74, 6) is 0. The highest BCUT2D eigenvalue weighted by atomic mass is 35.6. The molecule has 0 atom stereocenters. The minimum Gasteiger partial charge on any atom is -0.377 e. The van der Waals surface area contributed by atoms with Crippen LogP contribution in [-0.4, -0.2) is 14.0 Å². The van der Waals surface area contributed by atoms with Crippen LogP contribution in [0.1, 0.15) is 17.5 Å².